The Morgan fingerprint density at radius 3 is 2.82 bits per heavy atom. The Bertz CT molecular complexity index is 258. The van der Waals surface area contributed by atoms with Crippen LogP contribution in [0.3, 0.4) is 0 Å². The van der Waals surface area contributed by atoms with Gasteiger partial charge in [0.25, 0.3) is 0 Å². The van der Waals surface area contributed by atoms with Crippen LogP contribution in [0.2, 0.25) is 0 Å². The van der Waals surface area contributed by atoms with Crippen LogP contribution in [-0.2, 0) is 9.53 Å². The van der Waals surface area contributed by atoms with Crippen molar-refractivity contribution in [3.63, 3.8) is 0 Å². The lowest BCUT2D eigenvalue weighted by Gasteiger charge is -2.15. The fourth-order valence-electron chi connectivity index (χ4n) is 1.74. The molecule has 17 heavy (non-hydrogen) atoms. The first-order valence-corrected chi connectivity index (χ1v) is 6.02. The van der Waals surface area contributed by atoms with Crippen molar-refractivity contribution in [3.05, 3.63) is 0 Å². The molecule has 1 aliphatic heterocycles. The molecule has 1 heterocycles. The van der Waals surface area contributed by atoms with Gasteiger partial charge in [0.15, 0.2) is 0 Å². The molecule has 0 atom stereocenters. The summed E-state index contributed by atoms with van der Waals surface area (Å²) in [5, 5.41) is 5.40. The molecule has 98 valence electrons. The average molecular weight is 243 g/mol. The van der Waals surface area contributed by atoms with Crippen LogP contribution >= 0.6 is 0 Å². The van der Waals surface area contributed by atoms with Crippen molar-refractivity contribution in [1.82, 2.24) is 15.5 Å². The molecular weight excluding hydrogens is 222 g/mol. The topological polar surface area (TPSA) is 70.7 Å². The molecule has 1 aliphatic rings. The lowest BCUT2D eigenvalue weighted by atomic mass is 10.4. The monoisotopic (exact) mass is 243 g/mol. The van der Waals surface area contributed by atoms with Gasteiger partial charge in [0.1, 0.15) is 0 Å². The lowest BCUT2D eigenvalue weighted by molar-refractivity contribution is -0.127. The van der Waals surface area contributed by atoms with Crippen LogP contribution in [0.25, 0.3) is 0 Å². The van der Waals surface area contributed by atoms with Gasteiger partial charge < -0.3 is 20.3 Å². The Hall–Kier alpha value is -1.30. The molecule has 0 unspecified atom stereocenters. The number of hydrogen-bond acceptors (Lipinski definition) is 3. The van der Waals surface area contributed by atoms with Gasteiger partial charge in [0.2, 0.25) is 5.91 Å². The van der Waals surface area contributed by atoms with Crippen LogP contribution < -0.4 is 10.6 Å². The number of amides is 3. The Balaban J connectivity index is 1.96. The van der Waals surface area contributed by atoms with Crippen molar-refractivity contribution in [3.8, 4) is 0 Å². The third-order valence-corrected chi connectivity index (χ3v) is 2.65. The van der Waals surface area contributed by atoms with E-state index < -0.39 is 0 Å². The summed E-state index contributed by atoms with van der Waals surface area (Å²) >= 11 is 0. The number of hydrogen-bond donors (Lipinski definition) is 2. The van der Waals surface area contributed by atoms with Crippen LogP contribution in [0.4, 0.5) is 4.79 Å². The van der Waals surface area contributed by atoms with Gasteiger partial charge in [-0.3, -0.25) is 4.79 Å². The zero-order chi connectivity index (χ0) is 12.5. The number of carbonyl (C=O) groups excluding carboxylic acids is 2. The minimum atomic E-state index is -0.185. The van der Waals surface area contributed by atoms with Gasteiger partial charge in [-0.1, -0.05) is 0 Å². The molecule has 0 saturated carbocycles. The first-order chi connectivity index (χ1) is 8.24. The molecule has 0 aromatic carbocycles. The molecule has 6 heteroatoms. The smallest absolute Gasteiger partial charge is 0.314 e. The van der Waals surface area contributed by atoms with E-state index in [1.54, 1.807) is 7.11 Å². The summed E-state index contributed by atoms with van der Waals surface area (Å²) in [7, 11) is 1.59. The van der Waals surface area contributed by atoms with E-state index in [9.17, 15) is 9.59 Å². The van der Waals surface area contributed by atoms with E-state index in [0.717, 1.165) is 25.9 Å². The summed E-state index contributed by atoms with van der Waals surface area (Å²) in [6.07, 6.45) is 2.43. The summed E-state index contributed by atoms with van der Waals surface area (Å²) in [6.45, 7) is 3.20. The van der Waals surface area contributed by atoms with E-state index in [1.165, 1.54) is 0 Å². The second-order valence-corrected chi connectivity index (χ2v) is 4.01. The van der Waals surface area contributed by atoms with Crippen molar-refractivity contribution >= 4 is 11.9 Å². The number of likely N-dealkylation sites (tertiary alicyclic amines) is 1. The molecule has 2 N–H and O–H groups in total. The standard InChI is InChI=1S/C11H21N3O3/c1-17-9-6-13-11(16)12-5-3-8-14-7-2-4-10(14)15/h2-9H2,1H3,(H2,12,13,16). The molecule has 1 rings (SSSR count). The van der Waals surface area contributed by atoms with Crippen LogP contribution in [0, 0.1) is 0 Å². The third kappa shape index (κ3) is 5.53. The highest BCUT2D eigenvalue weighted by molar-refractivity contribution is 5.78. The third-order valence-electron chi connectivity index (χ3n) is 2.65. The van der Waals surface area contributed by atoms with Crippen LogP contribution in [-0.4, -0.2) is 56.7 Å². The zero-order valence-corrected chi connectivity index (χ0v) is 10.3. The Labute approximate surface area is 102 Å². The van der Waals surface area contributed by atoms with E-state index >= 15 is 0 Å². The molecule has 6 nitrogen and oxygen atoms in total. The maximum Gasteiger partial charge on any atom is 0.314 e. The fourth-order valence-corrected chi connectivity index (χ4v) is 1.74. The number of carbonyl (C=O) groups is 2. The maximum atomic E-state index is 11.3. The molecule has 0 aliphatic carbocycles. The largest absolute Gasteiger partial charge is 0.383 e. The summed E-state index contributed by atoms with van der Waals surface area (Å²) in [6, 6.07) is -0.185. The van der Waals surface area contributed by atoms with Crippen molar-refractivity contribution in [1.29, 1.82) is 0 Å². The summed E-state index contributed by atoms with van der Waals surface area (Å²) in [5.74, 6) is 0.231. The normalized spacial score (nSPS) is 15.1. The van der Waals surface area contributed by atoms with Gasteiger partial charge in [-0.2, -0.15) is 0 Å². The first kappa shape index (κ1) is 13.8. The predicted octanol–water partition coefficient (Wildman–Crippen LogP) is -0.0555. The molecular formula is C11H21N3O3. The van der Waals surface area contributed by atoms with Gasteiger partial charge in [0.05, 0.1) is 6.61 Å². The van der Waals surface area contributed by atoms with Crippen LogP contribution in [0.5, 0.6) is 0 Å². The molecule has 1 fully saturated rings. The van der Waals surface area contributed by atoms with Gasteiger partial charge in [-0.15, -0.1) is 0 Å². The summed E-state index contributed by atoms with van der Waals surface area (Å²) < 4.78 is 4.81. The van der Waals surface area contributed by atoms with Crippen molar-refractivity contribution < 1.29 is 14.3 Å². The SMILES string of the molecule is COCCNC(=O)NCCCN1CCCC1=O. The highest BCUT2D eigenvalue weighted by Crippen LogP contribution is 2.09. The van der Waals surface area contributed by atoms with Gasteiger partial charge in [-0.25, -0.2) is 4.79 Å². The number of nitrogens with one attached hydrogen (secondary N) is 2. The maximum absolute atomic E-state index is 11.3. The first-order valence-electron chi connectivity index (χ1n) is 6.02. The molecule has 0 aromatic rings. The number of urea groups is 1. The second kappa shape index (κ2) is 7.89. The van der Waals surface area contributed by atoms with E-state index in [2.05, 4.69) is 10.6 Å². The Kier molecular flexibility index (Phi) is 6.39. The second-order valence-electron chi connectivity index (χ2n) is 4.01. The molecule has 0 aromatic heterocycles. The Morgan fingerprint density at radius 1 is 1.41 bits per heavy atom. The molecule has 3 amide bonds. The van der Waals surface area contributed by atoms with Gasteiger partial charge >= 0.3 is 6.03 Å². The molecule has 0 spiro atoms. The average Bonchev–Trinajstić information content (AvgIpc) is 2.71. The molecule has 1 saturated heterocycles. The summed E-state index contributed by atoms with van der Waals surface area (Å²) in [5.41, 5.74) is 0. The minimum Gasteiger partial charge on any atom is -0.383 e. The highest BCUT2D eigenvalue weighted by atomic mass is 16.5. The molecule has 0 radical (unpaired) electrons. The molecule has 0 bridgehead atoms. The lowest BCUT2D eigenvalue weighted by Crippen LogP contribution is -2.38. The van der Waals surface area contributed by atoms with Crippen molar-refractivity contribution in [2.75, 3.05) is 39.9 Å². The van der Waals surface area contributed by atoms with E-state index in [1.807, 2.05) is 4.90 Å². The fraction of sp³-hybridized carbons (Fsp3) is 0.818. The van der Waals surface area contributed by atoms with Gasteiger partial charge in [-0.05, 0) is 12.8 Å². The van der Waals surface area contributed by atoms with Crippen molar-refractivity contribution in [2.24, 2.45) is 0 Å². The number of ether oxygens (including phenoxy) is 1. The van der Waals surface area contributed by atoms with Gasteiger partial charge in [0, 0.05) is 39.7 Å². The number of nitrogens with zero attached hydrogens (tertiary/aromatic N) is 1. The van der Waals surface area contributed by atoms with E-state index in [-0.39, 0.29) is 11.9 Å². The number of methoxy groups -OCH3 is 1. The quantitative estimate of drug-likeness (QED) is 0.616. The predicted molar refractivity (Wildman–Crippen MR) is 63.7 cm³/mol. The Morgan fingerprint density at radius 2 is 2.18 bits per heavy atom. The minimum absolute atomic E-state index is 0.185. The number of rotatable bonds is 7. The highest BCUT2D eigenvalue weighted by Gasteiger charge is 2.18. The summed E-state index contributed by atoms with van der Waals surface area (Å²) in [4.78, 5) is 24.4. The van der Waals surface area contributed by atoms with E-state index in [4.69, 9.17) is 4.74 Å². The zero-order valence-electron chi connectivity index (χ0n) is 10.3. The van der Waals surface area contributed by atoms with E-state index in [0.29, 0.717) is 26.1 Å². The van der Waals surface area contributed by atoms with Crippen LogP contribution in [0.15, 0.2) is 0 Å². The van der Waals surface area contributed by atoms with Crippen molar-refractivity contribution in [2.45, 2.75) is 19.3 Å². The van der Waals surface area contributed by atoms with Crippen LogP contribution in [0.1, 0.15) is 19.3 Å².